The monoisotopic (exact) mass is 139 g/mol. The number of nitrogens with zero attached hydrogens (tertiary/aromatic N) is 1. The van der Waals surface area contributed by atoms with Crippen LogP contribution in [-0.2, 0) is 4.79 Å². The van der Waals surface area contributed by atoms with Gasteiger partial charge in [-0.1, -0.05) is 12.2 Å². The molecule has 0 amide bonds. The number of isocyanates is 1. The maximum Gasteiger partial charge on any atom is 0.234 e. The van der Waals surface area contributed by atoms with Crippen LogP contribution in [0.5, 0.6) is 0 Å². The van der Waals surface area contributed by atoms with Crippen molar-refractivity contribution in [1.29, 1.82) is 0 Å². The van der Waals surface area contributed by atoms with Gasteiger partial charge in [-0.2, -0.15) is 0 Å². The van der Waals surface area contributed by atoms with Gasteiger partial charge in [0.05, 0.1) is 6.54 Å². The minimum absolute atomic E-state index is 0.626. The Morgan fingerprint density at radius 3 is 2.90 bits per heavy atom. The van der Waals surface area contributed by atoms with Gasteiger partial charge in [0.15, 0.2) is 0 Å². The molecule has 0 N–H and O–H groups in total. The number of allylic oxidation sites excluding steroid dienone is 2. The van der Waals surface area contributed by atoms with Gasteiger partial charge in [0.1, 0.15) is 0 Å². The third-order valence-corrected chi connectivity index (χ3v) is 1.19. The Hall–Kier alpha value is -0.880. The van der Waals surface area contributed by atoms with E-state index in [0.717, 1.165) is 19.3 Å². The Morgan fingerprint density at radius 1 is 1.50 bits per heavy atom. The average Bonchev–Trinajstić information content (AvgIpc) is 1.97. The number of hydrogen-bond acceptors (Lipinski definition) is 2. The predicted octanol–water partition coefficient (Wildman–Crippen LogP) is 2.07. The number of rotatable bonds is 5. The predicted molar refractivity (Wildman–Crippen MR) is 41.7 cm³/mol. The summed E-state index contributed by atoms with van der Waals surface area (Å²) in [6, 6.07) is 0. The van der Waals surface area contributed by atoms with E-state index in [1.807, 2.05) is 13.0 Å². The number of hydrogen-bond donors (Lipinski definition) is 0. The lowest BCUT2D eigenvalue weighted by Gasteiger charge is -1.89. The van der Waals surface area contributed by atoms with Gasteiger partial charge in [-0.05, 0) is 26.2 Å². The van der Waals surface area contributed by atoms with Gasteiger partial charge < -0.3 is 0 Å². The fourth-order valence-electron chi connectivity index (χ4n) is 0.665. The van der Waals surface area contributed by atoms with Crippen molar-refractivity contribution in [2.75, 3.05) is 6.54 Å². The van der Waals surface area contributed by atoms with E-state index >= 15 is 0 Å². The van der Waals surface area contributed by atoms with Crippen LogP contribution >= 0.6 is 0 Å². The topological polar surface area (TPSA) is 29.4 Å². The normalized spacial score (nSPS) is 9.70. The van der Waals surface area contributed by atoms with Gasteiger partial charge >= 0.3 is 0 Å². The molecule has 0 heterocycles. The van der Waals surface area contributed by atoms with Crippen molar-refractivity contribution in [2.24, 2.45) is 4.99 Å². The standard InChI is InChI=1S/C8H13NO/c1-2-3-4-5-6-7-9-8-10/h2-3H,4-7H2,1H3. The van der Waals surface area contributed by atoms with Gasteiger partial charge in [-0.3, -0.25) is 0 Å². The molecule has 56 valence electrons. The summed E-state index contributed by atoms with van der Waals surface area (Å²) in [7, 11) is 0. The quantitative estimate of drug-likeness (QED) is 0.248. The maximum atomic E-state index is 9.59. The third-order valence-electron chi connectivity index (χ3n) is 1.19. The molecule has 0 spiro atoms. The molecule has 0 rings (SSSR count). The lowest BCUT2D eigenvalue weighted by Crippen LogP contribution is -1.78. The number of carbonyl (C=O) groups excluding carboxylic acids is 1. The van der Waals surface area contributed by atoms with Crippen LogP contribution in [0.25, 0.3) is 0 Å². The van der Waals surface area contributed by atoms with Crippen LogP contribution in [0.15, 0.2) is 17.1 Å². The molecule has 10 heavy (non-hydrogen) atoms. The molecule has 0 aliphatic heterocycles. The summed E-state index contributed by atoms with van der Waals surface area (Å²) in [5.74, 6) is 0. The zero-order chi connectivity index (χ0) is 7.66. The molecule has 0 fully saturated rings. The van der Waals surface area contributed by atoms with Crippen molar-refractivity contribution in [3.63, 3.8) is 0 Å². The molecule has 2 heteroatoms. The largest absolute Gasteiger partial charge is 0.234 e. The molecule has 0 aromatic heterocycles. The average molecular weight is 139 g/mol. The molecule has 0 saturated carbocycles. The van der Waals surface area contributed by atoms with E-state index in [4.69, 9.17) is 0 Å². The highest BCUT2D eigenvalue weighted by molar-refractivity contribution is 5.32. The second-order valence-electron chi connectivity index (χ2n) is 2.04. The van der Waals surface area contributed by atoms with Crippen molar-refractivity contribution in [2.45, 2.75) is 26.2 Å². The molecule has 0 aliphatic rings. The van der Waals surface area contributed by atoms with Gasteiger partial charge in [0.25, 0.3) is 0 Å². The minimum Gasteiger partial charge on any atom is -0.211 e. The van der Waals surface area contributed by atoms with Crippen molar-refractivity contribution in [3.05, 3.63) is 12.2 Å². The summed E-state index contributed by atoms with van der Waals surface area (Å²) in [5.41, 5.74) is 0. The van der Waals surface area contributed by atoms with Crippen LogP contribution in [0.2, 0.25) is 0 Å². The second kappa shape index (κ2) is 8.12. The molecule has 0 aliphatic carbocycles. The maximum absolute atomic E-state index is 9.59. The molecule has 2 nitrogen and oxygen atoms in total. The zero-order valence-electron chi connectivity index (χ0n) is 6.34. The summed E-state index contributed by atoms with van der Waals surface area (Å²) in [6.07, 6.45) is 8.84. The summed E-state index contributed by atoms with van der Waals surface area (Å²) in [5, 5.41) is 0. The van der Waals surface area contributed by atoms with Crippen LogP contribution in [0.4, 0.5) is 0 Å². The van der Waals surface area contributed by atoms with E-state index in [0.29, 0.717) is 6.54 Å². The number of aliphatic imine (C=N–C) groups is 1. The SMILES string of the molecule is CC=CCCCCN=C=O. The smallest absolute Gasteiger partial charge is 0.211 e. The first-order valence-electron chi connectivity index (χ1n) is 3.56. The molecule has 0 unspecified atom stereocenters. The zero-order valence-corrected chi connectivity index (χ0v) is 6.34. The Balaban J connectivity index is 2.97. The molecule has 0 saturated heterocycles. The van der Waals surface area contributed by atoms with Gasteiger partial charge in [0.2, 0.25) is 6.08 Å². The van der Waals surface area contributed by atoms with E-state index in [1.165, 1.54) is 6.08 Å². The summed E-state index contributed by atoms with van der Waals surface area (Å²) in [6.45, 7) is 2.63. The van der Waals surface area contributed by atoms with Gasteiger partial charge in [-0.25, -0.2) is 9.79 Å². The van der Waals surface area contributed by atoms with E-state index in [9.17, 15) is 4.79 Å². The molecule has 0 radical (unpaired) electrons. The second-order valence-corrected chi connectivity index (χ2v) is 2.04. The Labute approximate surface area is 61.7 Å². The van der Waals surface area contributed by atoms with Gasteiger partial charge in [0, 0.05) is 0 Å². The molecule has 0 aromatic carbocycles. The van der Waals surface area contributed by atoms with Crippen molar-refractivity contribution >= 4 is 6.08 Å². The van der Waals surface area contributed by atoms with E-state index in [2.05, 4.69) is 11.1 Å². The van der Waals surface area contributed by atoms with E-state index in [1.54, 1.807) is 0 Å². The Kier molecular flexibility index (Phi) is 7.41. The summed E-state index contributed by atoms with van der Waals surface area (Å²) < 4.78 is 0. The minimum atomic E-state index is 0.626. The molecule has 0 bridgehead atoms. The lowest BCUT2D eigenvalue weighted by atomic mass is 10.2. The van der Waals surface area contributed by atoms with Crippen LogP contribution in [0.1, 0.15) is 26.2 Å². The molecular formula is C8H13NO. The highest BCUT2D eigenvalue weighted by Gasteiger charge is 1.82. The first kappa shape index (κ1) is 9.12. The Bertz CT molecular complexity index is 134. The highest BCUT2D eigenvalue weighted by atomic mass is 16.1. The summed E-state index contributed by atoms with van der Waals surface area (Å²) in [4.78, 5) is 13.0. The van der Waals surface area contributed by atoms with Crippen LogP contribution < -0.4 is 0 Å². The Morgan fingerprint density at radius 2 is 2.30 bits per heavy atom. The van der Waals surface area contributed by atoms with Crippen molar-refractivity contribution in [3.8, 4) is 0 Å². The first-order chi connectivity index (χ1) is 4.91. The van der Waals surface area contributed by atoms with Crippen LogP contribution in [0, 0.1) is 0 Å². The number of unbranched alkanes of at least 4 members (excludes halogenated alkanes) is 2. The van der Waals surface area contributed by atoms with Crippen LogP contribution in [-0.4, -0.2) is 12.6 Å². The van der Waals surface area contributed by atoms with E-state index in [-0.39, 0.29) is 0 Å². The van der Waals surface area contributed by atoms with E-state index < -0.39 is 0 Å². The molecule has 0 atom stereocenters. The highest BCUT2D eigenvalue weighted by Crippen LogP contribution is 1.95. The van der Waals surface area contributed by atoms with Crippen molar-refractivity contribution < 1.29 is 4.79 Å². The lowest BCUT2D eigenvalue weighted by molar-refractivity contribution is 0.562. The van der Waals surface area contributed by atoms with Crippen LogP contribution in [0.3, 0.4) is 0 Å². The third kappa shape index (κ3) is 7.12. The summed E-state index contributed by atoms with van der Waals surface area (Å²) >= 11 is 0. The van der Waals surface area contributed by atoms with Crippen molar-refractivity contribution in [1.82, 2.24) is 0 Å². The molecule has 0 aromatic rings. The molecular weight excluding hydrogens is 126 g/mol. The van der Waals surface area contributed by atoms with Gasteiger partial charge in [-0.15, -0.1) is 0 Å². The first-order valence-corrected chi connectivity index (χ1v) is 3.56. The fraction of sp³-hybridized carbons (Fsp3) is 0.625. The fourth-order valence-corrected chi connectivity index (χ4v) is 0.665.